The number of aromatic amines is 1. The van der Waals surface area contributed by atoms with Crippen LogP contribution in [-0.4, -0.2) is 46.5 Å². The van der Waals surface area contributed by atoms with Crippen LogP contribution in [0.2, 0.25) is 0 Å². The molecule has 1 aliphatic heterocycles. The summed E-state index contributed by atoms with van der Waals surface area (Å²) in [5, 5.41) is 2.93. The van der Waals surface area contributed by atoms with Gasteiger partial charge in [-0.05, 0) is 89.1 Å². The Morgan fingerprint density at radius 2 is 1.82 bits per heavy atom. The zero-order valence-corrected chi connectivity index (χ0v) is 16.9. The van der Waals surface area contributed by atoms with Gasteiger partial charge in [0.2, 0.25) is 0 Å². The molecule has 4 bridgehead atoms. The van der Waals surface area contributed by atoms with Crippen LogP contribution in [0.3, 0.4) is 0 Å². The lowest BCUT2D eigenvalue weighted by Gasteiger charge is -2.56. The summed E-state index contributed by atoms with van der Waals surface area (Å²) in [7, 11) is 0. The third-order valence-corrected chi connectivity index (χ3v) is 7.91. The molecule has 4 saturated carbocycles. The highest BCUT2D eigenvalue weighted by Crippen LogP contribution is 2.59. The second-order valence-corrected chi connectivity index (χ2v) is 9.97. The molecule has 6 heteroatoms. The molecule has 0 radical (unpaired) electrons. The molecular formula is C22H32N4O2. The van der Waals surface area contributed by atoms with E-state index in [0.717, 1.165) is 55.9 Å². The van der Waals surface area contributed by atoms with Gasteiger partial charge in [-0.2, -0.15) is 0 Å². The Balaban J connectivity index is 1.29. The van der Waals surface area contributed by atoms with Crippen molar-refractivity contribution >= 4 is 5.91 Å². The molecule has 152 valence electrons. The third-order valence-electron chi connectivity index (χ3n) is 7.91. The first kappa shape index (κ1) is 18.3. The van der Waals surface area contributed by atoms with Crippen molar-refractivity contribution in [3.05, 3.63) is 27.9 Å². The number of rotatable bonds is 5. The molecule has 6 nitrogen and oxygen atoms in total. The number of nitrogens with one attached hydrogen (secondary N) is 2. The van der Waals surface area contributed by atoms with Gasteiger partial charge in [-0.3, -0.25) is 14.5 Å². The number of likely N-dealkylation sites (tertiary alicyclic amines) is 1. The van der Waals surface area contributed by atoms with E-state index in [1.54, 1.807) is 0 Å². The van der Waals surface area contributed by atoms with E-state index in [2.05, 4.69) is 27.1 Å². The van der Waals surface area contributed by atoms with Crippen LogP contribution in [0.5, 0.6) is 0 Å². The summed E-state index contributed by atoms with van der Waals surface area (Å²) in [6.07, 6.45) is 11.5. The SMILES string of the molecule is CC(CNC(=O)c1cnc(C23CC4CC(CC(C4)C2)C3)[nH]c1=O)N1CCCC1. The lowest BCUT2D eigenvalue weighted by atomic mass is 9.49. The van der Waals surface area contributed by atoms with Crippen LogP contribution in [0.15, 0.2) is 11.0 Å². The molecule has 0 aromatic carbocycles. The lowest BCUT2D eigenvalue weighted by molar-refractivity contribution is -0.00953. The summed E-state index contributed by atoms with van der Waals surface area (Å²) in [6, 6.07) is 0.296. The maximum absolute atomic E-state index is 12.7. The molecule has 4 aliphatic carbocycles. The van der Waals surface area contributed by atoms with Crippen molar-refractivity contribution < 1.29 is 4.79 Å². The minimum atomic E-state index is -0.308. The molecule has 1 aromatic rings. The van der Waals surface area contributed by atoms with Crippen LogP contribution >= 0.6 is 0 Å². The molecule has 5 aliphatic rings. The Morgan fingerprint density at radius 1 is 1.21 bits per heavy atom. The number of carbonyl (C=O) groups excluding carboxylic acids is 1. The van der Waals surface area contributed by atoms with Gasteiger partial charge in [0, 0.05) is 24.2 Å². The van der Waals surface area contributed by atoms with Crippen molar-refractivity contribution in [3.8, 4) is 0 Å². The molecule has 5 fully saturated rings. The van der Waals surface area contributed by atoms with E-state index in [1.807, 2.05) is 0 Å². The van der Waals surface area contributed by atoms with E-state index in [0.29, 0.717) is 12.6 Å². The van der Waals surface area contributed by atoms with Gasteiger partial charge in [0.15, 0.2) is 0 Å². The second kappa shape index (κ2) is 6.97. The Kier molecular flexibility index (Phi) is 4.57. The summed E-state index contributed by atoms with van der Waals surface area (Å²) in [5.74, 6) is 2.92. The van der Waals surface area contributed by atoms with E-state index in [9.17, 15) is 9.59 Å². The van der Waals surface area contributed by atoms with Gasteiger partial charge < -0.3 is 10.3 Å². The molecule has 28 heavy (non-hydrogen) atoms. The fourth-order valence-electron chi connectivity index (χ4n) is 6.87. The van der Waals surface area contributed by atoms with E-state index in [1.165, 1.54) is 38.3 Å². The molecule has 2 heterocycles. The first-order valence-electron chi connectivity index (χ1n) is 11.1. The van der Waals surface area contributed by atoms with Gasteiger partial charge in [-0.1, -0.05) is 0 Å². The fourth-order valence-corrected chi connectivity index (χ4v) is 6.87. The number of H-pyrrole nitrogens is 1. The molecular weight excluding hydrogens is 352 g/mol. The molecule has 1 atom stereocenters. The van der Waals surface area contributed by atoms with Gasteiger partial charge in [-0.15, -0.1) is 0 Å². The number of hydrogen-bond donors (Lipinski definition) is 2. The zero-order valence-electron chi connectivity index (χ0n) is 16.9. The predicted octanol–water partition coefficient (Wildman–Crippen LogP) is 2.45. The maximum Gasteiger partial charge on any atom is 0.263 e. The van der Waals surface area contributed by atoms with E-state index in [4.69, 9.17) is 0 Å². The first-order valence-corrected chi connectivity index (χ1v) is 11.1. The van der Waals surface area contributed by atoms with Gasteiger partial charge in [0.05, 0.1) is 0 Å². The van der Waals surface area contributed by atoms with Gasteiger partial charge in [0.25, 0.3) is 11.5 Å². The largest absolute Gasteiger partial charge is 0.350 e. The molecule has 6 rings (SSSR count). The molecule has 0 spiro atoms. The van der Waals surface area contributed by atoms with Crippen LogP contribution in [0.1, 0.15) is 74.5 Å². The van der Waals surface area contributed by atoms with Crippen molar-refractivity contribution in [1.82, 2.24) is 20.2 Å². The minimum Gasteiger partial charge on any atom is -0.350 e. The smallest absolute Gasteiger partial charge is 0.263 e. The predicted molar refractivity (Wildman–Crippen MR) is 107 cm³/mol. The number of carbonyl (C=O) groups is 1. The van der Waals surface area contributed by atoms with Gasteiger partial charge in [0.1, 0.15) is 11.4 Å². The van der Waals surface area contributed by atoms with Crippen LogP contribution < -0.4 is 10.9 Å². The topological polar surface area (TPSA) is 78.1 Å². The van der Waals surface area contributed by atoms with Crippen LogP contribution in [0.4, 0.5) is 0 Å². The van der Waals surface area contributed by atoms with Crippen molar-refractivity contribution in [3.63, 3.8) is 0 Å². The van der Waals surface area contributed by atoms with Crippen molar-refractivity contribution in [2.75, 3.05) is 19.6 Å². The quantitative estimate of drug-likeness (QED) is 0.817. The lowest BCUT2D eigenvalue weighted by Crippen LogP contribution is -2.50. The number of aromatic nitrogens is 2. The van der Waals surface area contributed by atoms with E-state index >= 15 is 0 Å². The number of nitrogens with zero attached hydrogens (tertiary/aromatic N) is 2. The van der Waals surface area contributed by atoms with Crippen LogP contribution in [0, 0.1) is 17.8 Å². The summed E-state index contributed by atoms with van der Waals surface area (Å²) >= 11 is 0. The highest BCUT2D eigenvalue weighted by atomic mass is 16.2. The Bertz CT molecular complexity index is 776. The molecule has 1 saturated heterocycles. The highest BCUT2D eigenvalue weighted by Gasteiger charge is 2.52. The van der Waals surface area contributed by atoms with Crippen LogP contribution in [-0.2, 0) is 5.41 Å². The Labute approximate surface area is 166 Å². The Morgan fingerprint density at radius 3 is 2.39 bits per heavy atom. The summed E-state index contributed by atoms with van der Waals surface area (Å²) < 4.78 is 0. The zero-order chi connectivity index (χ0) is 19.3. The first-order chi connectivity index (χ1) is 13.5. The summed E-state index contributed by atoms with van der Waals surface area (Å²) in [4.78, 5) is 35.3. The van der Waals surface area contributed by atoms with Gasteiger partial charge in [-0.25, -0.2) is 4.98 Å². The average molecular weight is 385 g/mol. The van der Waals surface area contributed by atoms with Crippen molar-refractivity contribution in [1.29, 1.82) is 0 Å². The molecule has 1 aromatic heterocycles. The second-order valence-electron chi connectivity index (χ2n) is 9.97. The van der Waals surface area contributed by atoms with Crippen LogP contribution in [0.25, 0.3) is 0 Å². The van der Waals surface area contributed by atoms with Crippen molar-refractivity contribution in [2.45, 2.75) is 69.7 Å². The molecule has 1 amide bonds. The summed E-state index contributed by atoms with van der Waals surface area (Å²) in [6.45, 7) is 4.89. The van der Waals surface area contributed by atoms with E-state index in [-0.39, 0.29) is 22.4 Å². The summed E-state index contributed by atoms with van der Waals surface area (Å²) in [5.41, 5.74) is -0.0955. The number of amides is 1. The minimum absolute atomic E-state index is 0.0488. The highest BCUT2D eigenvalue weighted by molar-refractivity contribution is 5.93. The van der Waals surface area contributed by atoms with Crippen molar-refractivity contribution in [2.24, 2.45) is 17.8 Å². The molecule has 1 unspecified atom stereocenters. The third kappa shape index (κ3) is 3.19. The van der Waals surface area contributed by atoms with E-state index < -0.39 is 0 Å². The maximum atomic E-state index is 12.7. The average Bonchev–Trinajstić information content (AvgIpc) is 3.19. The normalized spacial score (nSPS) is 35.2. The fraction of sp³-hybridized carbons (Fsp3) is 0.773. The Hall–Kier alpha value is -1.69. The number of hydrogen-bond acceptors (Lipinski definition) is 4. The van der Waals surface area contributed by atoms with Gasteiger partial charge >= 0.3 is 0 Å². The standard InChI is InChI=1S/C22H32N4O2/c1-14(26-4-2-3-5-26)12-23-19(27)18-13-24-21(25-20(18)28)22-9-15-6-16(10-22)8-17(7-15)11-22/h13-17H,2-12H2,1H3,(H,23,27)(H,24,25,28). The monoisotopic (exact) mass is 384 g/mol. The molecule has 2 N–H and O–H groups in total.